The number of benzene rings is 1. The molecule has 6 nitrogen and oxygen atoms in total. The van der Waals surface area contributed by atoms with Crippen LogP contribution in [-0.2, 0) is 13.0 Å². The number of hydrogen-bond acceptors (Lipinski definition) is 5. The van der Waals surface area contributed by atoms with Gasteiger partial charge in [-0.1, -0.05) is 6.07 Å². The van der Waals surface area contributed by atoms with E-state index in [2.05, 4.69) is 4.98 Å². The van der Waals surface area contributed by atoms with Crippen molar-refractivity contribution in [2.75, 3.05) is 18.5 Å². The van der Waals surface area contributed by atoms with Gasteiger partial charge in [0.2, 0.25) is 0 Å². The third-order valence-corrected chi connectivity index (χ3v) is 3.32. The molecule has 21 heavy (non-hydrogen) atoms. The molecule has 0 saturated carbocycles. The summed E-state index contributed by atoms with van der Waals surface area (Å²) in [6.07, 6.45) is 4.24. The summed E-state index contributed by atoms with van der Waals surface area (Å²) >= 11 is 0. The lowest BCUT2D eigenvalue weighted by molar-refractivity contribution is -0.384. The van der Waals surface area contributed by atoms with Gasteiger partial charge in [0.05, 0.1) is 11.5 Å². The van der Waals surface area contributed by atoms with Crippen LogP contribution in [0.15, 0.2) is 42.7 Å². The normalized spacial score (nSPS) is 10.4. The van der Waals surface area contributed by atoms with Gasteiger partial charge in [0, 0.05) is 32.1 Å². The zero-order valence-electron chi connectivity index (χ0n) is 11.8. The average Bonchev–Trinajstić information content (AvgIpc) is 2.52. The van der Waals surface area contributed by atoms with Crippen LogP contribution in [0.5, 0.6) is 0 Å². The highest BCUT2D eigenvalue weighted by Crippen LogP contribution is 2.28. The van der Waals surface area contributed by atoms with E-state index < -0.39 is 4.92 Å². The first kappa shape index (κ1) is 14.9. The van der Waals surface area contributed by atoms with E-state index in [1.165, 1.54) is 6.07 Å². The number of pyridine rings is 1. The smallest absolute Gasteiger partial charge is 0.292 e. The van der Waals surface area contributed by atoms with E-state index in [0.717, 1.165) is 12.0 Å². The highest BCUT2D eigenvalue weighted by atomic mass is 16.6. The van der Waals surface area contributed by atoms with Crippen molar-refractivity contribution in [2.24, 2.45) is 0 Å². The molecule has 1 heterocycles. The van der Waals surface area contributed by atoms with Crippen LogP contribution in [0.1, 0.15) is 11.1 Å². The van der Waals surface area contributed by atoms with E-state index in [-0.39, 0.29) is 12.3 Å². The SMILES string of the molecule is CN(CCc1ccncc1)c1ccc(CO)cc1[N+](=O)[O-]. The van der Waals surface area contributed by atoms with Crippen LogP contribution in [0.2, 0.25) is 0 Å². The molecule has 2 rings (SSSR count). The first-order valence-electron chi connectivity index (χ1n) is 6.60. The van der Waals surface area contributed by atoms with Crippen molar-refractivity contribution >= 4 is 11.4 Å². The molecular formula is C15H17N3O3. The third kappa shape index (κ3) is 3.76. The molecule has 0 bridgehead atoms. The summed E-state index contributed by atoms with van der Waals surface area (Å²) in [5, 5.41) is 20.2. The van der Waals surface area contributed by atoms with Gasteiger partial charge in [-0.2, -0.15) is 0 Å². The Labute approximate surface area is 122 Å². The number of likely N-dealkylation sites (N-methyl/N-ethyl adjacent to an activating group) is 1. The largest absolute Gasteiger partial charge is 0.392 e. The minimum absolute atomic E-state index is 0.0128. The topological polar surface area (TPSA) is 79.5 Å². The summed E-state index contributed by atoms with van der Waals surface area (Å²) < 4.78 is 0. The van der Waals surface area contributed by atoms with E-state index in [1.54, 1.807) is 24.5 Å². The molecule has 0 unspecified atom stereocenters. The minimum Gasteiger partial charge on any atom is -0.392 e. The van der Waals surface area contributed by atoms with Gasteiger partial charge in [-0.15, -0.1) is 0 Å². The molecular weight excluding hydrogens is 270 g/mol. The molecule has 0 aliphatic heterocycles. The fraction of sp³-hybridized carbons (Fsp3) is 0.267. The standard InChI is InChI=1S/C15H17N3O3/c1-17(9-6-12-4-7-16-8-5-12)14-3-2-13(11-19)10-15(14)18(20)21/h2-5,7-8,10,19H,6,9,11H2,1H3. The van der Waals surface area contributed by atoms with Gasteiger partial charge in [0.15, 0.2) is 0 Å². The maximum Gasteiger partial charge on any atom is 0.292 e. The second-order valence-corrected chi connectivity index (χ2v) is 4.77. The Morgan fingerprint density at radius 1 is 1.24 bits per heavy atom. The van der Waals surface area contributed by atoms with Crippen molar-refractivity contribution in [3.63, 3.8) is 0 Å². The van der Waals surface area contributed by atoms with Crippen molar-refractivity contribution in [2.45, 2.75) is 13.0 Å². The van der Waals surface area contributed by atoms with Crippen LogP contribution in [0.4, 0.5) is 11.4 Å². The maximum atomic E-state index is 11.2. The summed E-state index contributed by atoms with van der Waals surface area (Å²) in [5.74, 6) is 0. The highest BCUT2D eigenvalue weighted by molar-refractivity contribution is 5.64. The van der Waals surface area contributed by atoms with E-state index in [9.17, 15) is 10.1 Å². The van der Waals surface area contributed by atoms with Crippen LogP contribution in [0.3, 0.4) is 0 Å². The minimum atomic E-state index is -0.419. The van der Waals surface area contributed by atoms with Crippen LogP contribution in [-0.4, -0.2) is 28.6 Å². The Bertz CT molecular complexity index is 617. The Kier molecular flexibility index (Phi) is 4.84. The monoisotopic (exact) mass is 287 g/mol. The van der Waals surface area contributed by atoms with Crippen molar-refractivity contribution in [3.05, 3.63) is 64.0 Å². The maximum absolute atomic E-state index is 11.2. The number of aromatic nitrogens is 1. The van der Waals surface area contributed by atoms with E-state index in [1.807, 2.05) is 24.1 Å². The molecule has 1 aromatic carbocycles. The molecule has 0 aliphatic rings. The summed E-state index contributed by atoms with van der Waals surface area (Å²) in [7, 11) is 1.82. The van der Waals surface area contributed by atoms with Crippen molar-refractivity contribution < 1.29 is 10.0 Å². The fourth-order valence-corrected chi connectivity index (χ4v) is 2.10. The van der Waals surface area contributed by atoms with Gasteiger partial charge in [-0.25, -0.2) is 0 Å². The Morgan fingerprint density at radius 2 is 1.95 bits per heavy atom. The second-order valence-electron chi connectivity index (χ2n) is 4.77. The molecule has 110 valence electrons. The molecule has 2 aromatic rings. The summed E-state index contributed by atoms with van der Waals surface area (Å²) in [4.78, 5) is 16.5. The quantitative estimate of drug-likeness (QED) is 0.650. The van der Waals surface area contributed by atoms with Crippen LogP contribution < -0.4 is 4.90 Å². The van der Waals surface area contributed by atoms with Crippen molar-refractivity contribution in [3.8, 4) is 0 Å². The number of anilines is 1. The molecule has 0 aliphatic carbocycles. The fourth-order valence-electron chi connectivity index (χ4n) is 2.10. The Morgan fingerprint density at radius 3 is 2.57 bits per heavy atom. The molecule has 0 fully saturated rings. The zero-order chi connectivity index (χ0) is 15.2. The second kappa shape index (κ2) is 6.81. The average molecular weight is 287 g/mol. The van der Waals surface area contributed by atoms with Crippen LogP contribution in [0, 0.1) is 10.1 Å². The van der Waals surface area contributed by atoms with Gasteiger partial charge >= 0.3 is 0 Å². The lowest BCUT2D eigenvalue weighted by Crippen LogP contribution is -2.21. The lowest BCUT2D eigenvalue weighted by atomic mass is 10.1. The molecule has 0 radical (unpaired) electrons. The number of hydrogen-bond donors (Lipinski definition) is 1. The predicted octanol–water partition coefficient (Wildman–Crippen LogP) is 2.16. The van der Waals surface area contributed by atoms with Crippen LogP contribution >= 0.6 is 0 Å². The zero-order valence-corrected chi connectivity index (χ0v) is 11.8. The number of nitro benzene ring substituents is 1. The van der Waals surface area contributed by atoms with Crippen LogP contribution in [0.25, 0.3) is 0 Å². The highest BCUT2D eigenvalue weighted by Gasteiger charge is 2.17. The van der Waals surface area contributed by atoms with Crippen molar-refractivity contribution in [1.82, 2.24) is 4.98 Å². The number of nitro groups is 1. The Balaban J connectivity index is 2.15. The Hall–Kier alpha value is -2.47. The lowest BCUT2D eigenvalue weighted by Gasteiger charge is -2.19. The van der Waals surface area contributed by atoms with Crippen molar-refractivity contribution in [1.29, 1.82) is 0 Å². The number of aliphatic hydroxyl groups is 1. The number of nitrogens with zero attached hydrogens (tertiary/aromatic N) is 3. The molecule has 0 amide bonds. The summed E-state index contributed by atoms with van der Waals surface area (Å²) in [6, 6.07) is 8.65. The molecule has 0 atom stereocenters. The predicted molar refractivity (Wildman–Crippen MR) is 80.2 cm³/mol. The number of rotatable bonds is 6. The van der Waals surface area contributed by atoms with Gasteiger partial charge in [-0.05, 0) is 35.7 Å². The van der Waals surface area contributed by atoms with Gasteiger partial charge in [-0.3, -0.25) is 15.1 Å². The molecule has 0 spiro atoms. The molecule has 1 N–H and O–H groups in total. The first-order valence-corrected chi connectivity index (χ1v) is 6.60. The third-order valence-electron chi connectivity index (χ3n) is 3.32. The van der Waals surface area contributed by atoms with E-state index in [4.69, 9.17) is 5.11 Å². The molecule has 6 heteroatoms. The summed E-state index contributed by atoms with van der Waals surface area (Å²) in [6.45, 7) is 0.450. The van der Waals surface area contributed by atoms with E-state index >= 15 is 0 Å². The summed E-state index contributed by atoms with van der Waals surface area (Å²) in [5.41, 5.74) is 2.23. The molecule has 1 aromatic heterocycles. The van der Waals surface area contributed by atoms with Gasteiger partial charge in [0.25, 0.3) is 5.69 Å². The number of aliphatic hydroxyl groups excluding tert-OH is 1. The van der Waals surface area contributed by atoms with Gasteiger partial charge in [0.1, 0.15) is 5.69 Å². The molecule has 0 saturated heterocycles. The van der Waals surface area contributed by atoms with E-state index in [0.29, 0.717) is 17.8 Å². The van der Waals surface area contributed by atoms with Gasteiger partial charge < -0.3 is 10.0 Å². The first-order chi connectivity index (χ1) is 10.1.